The molecule has 1 saturated heterocycles. The van der Waals surface area contributed by atoms with Crippen LogP contribution in [-0.2, 0) is 16.6 Å². The summed E-state index contributed by atoms with van der Waals surface area (Å²) in [5.41, 5.74) is 1.25. The third kappa shape index (κ3) is 3.73. The molecule has 3 aromatic carbocycles. The first-order valence-corrected chi connectivity index (χ1v) is 10.8. The van der Waals surface area contributed by atoms with Crippen LogP contribution in [0, 0.1) is 0 Å². The van der Waals surface area contributed by atoms with Crippen LogP contribution in [0.4, 0.5) is 0 Å². The van der Waals surface area contributed by atoms with Crippen molar-refractivity contribution in [3.05, 3.63) is 77.3 Å². The van der Waals surface area contributed by atoms with Gasteiger partial charge in [-0.15, -0.1) is 0 Å². The highest BCUT2D eigenvalue weighted by Crippen LogP contribution is 2.31. The highest BCUT2D eigenvalue weighted by Gasteiger charge is 2.29. The van der Waals surface area contributed by atoms with E-state index >= 15 is 0 Å². The minimum absolute atomic E-state index is 0.332. The van der Waals surface area contributed by atoms with Crippen molar-refractivity contribution in [1.29, 1.82) is 0 Å². The van der Waals surface area contributed by atoms with Gasteiger partial charge in [0.15, 0.2) is 0 Å². The van der Waals surface area contributed by atoms with Crippen molar-refractivity contribution < 1.29 is 8.42 Å². The molecule has 0 saturated carbocycles. The number of fused-ring (bicyclic) bond motifs is 1. The van der Waals surface area contributed by atoms with Crippen molar-refractivity contribution in [3.8, 4) is 0 Å². The van der Waals surface area contributed by atoms with E-state index < -0.39 is 10.0 Å². The number of sulfonamides is 1. The van der Waals surface area contributed by atoms with E-state index in [-0.39, 0.29) is 0 Å². The zero-order chi connectivity index (χ0) is 18.9. The van der Waals surface area contributed by atoms with Crippen molar-refractivity contribution >= 4 is 32.4 Å². The van der Waals surface area contributed by atoms with Gasteiger partial charge in [-0.25, -0.2) is 8.42 Å². The second kappa shape index (κ2) is 7.60. The summed E-state index contributed by atoms with van der Waals surface area (Å²) in [5, 5.41) is 2.01. The summed E-state index contributed by atoms with van der Waals surface area (Å²) < 4.78 is 28.1. The molecule has 4 rings (SSSR count). The normalized spacial score (nSPS) is 16.6. The standard InChI is InChI=1S/C21H21ClN2O2S/c22-20-10-11-21(19-9-5-4-8-18(19)20)27(25,26)24-14-12-23(13-15-24)16-17-6-2-1-3-7-17/h1-11H,12-16H2. The van der Waals surface area contributed by atoms with Gasteiger partial charge in [0.1, 0.15) is 0 Å². The SMILES string of the molecule is O=S(=O)(c1ccc(Cl)c2ccccc12)N1CCN(Cc2ccccc2)CC1. The molecule has 27 heavy (non-hydrogen) atoms. The van der Waals surface area contributed by atoms with E-state index in [1.807, 2.05) is 42.5 Å². The van der Waals surface area contributed by atoms with E-state index in [1.54, 1.807) is 16.4 Å². The van der Waals surface area contributed by atoms with Crippen LogP contribution >= 0.6 is 11.6 Å². The van der Waals surface area contributed by atoms with Gasteiger partial charge in [0.2, 0.25) is 10.0 Å². The zero-order valence-electron chi connectivity index (χ0n) is 14.9. The first-order valence-electron chi connectivity index (χ1n) is 8.99. The maximum Gasteiger partial charge on any atom is 0.243 e. The van der Waals surface area contributed by atoms with Crippen LogP contribution in [0.3, 0.4) is 0 Å². The summed E-state index contributed by atoms with van der Waals surface area (Å²) in [7, 11) is -3.55. The Labute approximate surface area is 165 Å². The Morgan fingerprint density at radius 3 is 2.11 bits per heavy atom. The fourth-order valence-corrected chi connectivity index (χ4v) is 5.41. The molecule has 6 heteroatoms. The van der Waals surface area contributed by atoms with Gasteiger partial charge in [-0.2, -0.15) is 4.31 Å². The predicted molar refractivity (Wildman–Crippen MR) is 109 cm³/mol. The Morgan fingerprint density at radius 1 is 0.778 bits per heavy atom. The van der Waals surface area contributed by atoms with Crippen molar-refractivity contribution in [2.75, 3.05) is 26.2 Å². The zero-order valence-corrected chi connectivity index (χ0v) is 16.5. The molecule has 0 aliphatic carbocycles. The van der Waals surface area contributed by atoms with Crippen molar-refractivity contribution in [3.63, 3.8) is 0 Å². The average molecular weight is 401 g/mol. The highest BCUT2D eigenvalue weighted by molar-refractivity contribution is 7.89. The molecule has 1 heterocycles. The van der Waals surface area contributed by atoms with Gasteiger partial charge in [0.05, 0.1) is 4.90 Å². The molecule has 1 fully saturated rings. The lowest BCUT2D eigenvalue weighted by molar-refractivity contribution is 0.181. The Bertz CT molecular complexity index is 1050. The lowest BCUT2D eigenvalue weighted by atomic mass is 10.1. The Kier molecular flexibility index (Phi) is 5.19. The topological polar surface area (TPSA) is 40.6 Å². The molecule has 0 spiro atoms. The molecular formula is C21H21ClN2O2S. The van der Waals surface area contributed by atoms with Crippen LogP contribution < -0.4 is 0 Å². The van der Waals surface area contributed by atoms with Crippen molar-refractivity contribution in [2.45, 2.75) is 11.4 Å². The third-order valence-corrected chi connectivity index (χ3v) is 7.32. The van der Waals surface area contributed by atoms with E-state index in [0.717, 1.165) is 25.0 Å². The summed E-state index contributed by atoms with van der Waals surface area (Å²) in [4.78, 5) is 2.63. The maximum absolute atomic E-state index is 13.2. The molecular weight excluding hydrogens is 380 g/mol. The summed E-state index contributed by atoms with van der Waals surface area (Å²) in [6, 6.07) is 20.9. The van der Waals surface area contributed by atoms with E-state index in [4.69, 9.17) is 11.6 Å². The van der Waals surface area contributed by atoms with Crippen LogP contribution in [0.25, 0.3) is 10.8 Å². The lowest BCUT2D eigenvalue weighted by Crippen LogP contribution is -2.48. The molecule has 0 unspecified atom stereocenters. The smallest absolute Gasteiger partial charge is 0.243 e. The average Bonchev–Trinajstić information content (AvgIpc) is 2.69. The van der Waals surface area contributed by atoms with Gasteiger partial charge >= 0.3 is 0 Å². The highest BCUT2D eigenvalue weighted by atomic mass is 35.5. The first-order chi connectivity index (χ1) is 13.1. The van der Waals surface area contributed by atoms with Crippen LogP contribution in [0.15, 0.2) is 71.6 Å². The van der Waals surface area contributed by atoms with Gasteiger partial charge < -0.3 is 0 Å². The minimum atomic E-state index is -3.55. The molecule has 1 aliphatic heterocycles. The molecule has 140 valence electrons. The van der Waals surface area contributed by atoms with Crippen LogP contribution in [-0.4, -0.2) is 43.8 Å². The summed E-state index contributed by atoms with van der Waals surface area (Å²) >= 11 is 6.25. The second-order valence-corrected chi connectivity index (χ2v) is 9.07. The Hall–Kier alpha value is -1.92. The molecule has 0 N–H and O–H groups in total. The predicted octanol–water partition coefficient (Wildman–Crippen LogP) is 4.00. The van der Waals surface area contributed by atoms with Crippen LogP contribution in [0.2, 0.25) is 5.02 Å². The number of halogens is 1. The molecule has 0 aromatic heterocycles. The molecule has 1 aliphatic rings. The third-order valence-electron chi connectivity index (χ3n) is 5.03. The van der Waals surface area contributed by atoms with Gasteiger partial charge in [-0.05, 0) is 17.7 Å². The number of hydrogen-bond acceptors (Lipinski definition) is 3. The van der Waals surface area contributed by atoms with E-state index in [2.05, 4.69) is 17.0 Å². The van der Waals surface area contributed by atoms with Crippen molar-refractivity contribution in [1.82, 2.24) is 9.21 Å². The maximum atomic E-state index is 13.2. The van der Waals surface area contributed by atoms with E-state index in [1.165, 1.54) is 5.56 Å². The lowest BCUT2D eigenvalue weighted by Gasteiger charge is -2.34. The quantitative estimate of drug-likeness (QED) is 0.664. The Morgan fingerprint density at radius 2 is 1.41 bits per heavy atom. The van der Waals surface area contributed by atoms with Crippen LogP contribution in [0.5, 0.6) is 0 Å². The number of rotatable bonds is 4. The second-order valence-electron chi connectivity index (χ2n) is 6.76. The summed E-state index contributed by atoms with van der Waals surface area (Å²) in [6.45, 7) is 3.27. The molecule has 0 atom stereocenters. The van der Waals surface area contributed by atoms with Gasteiger partial charge in [0, 0.05) is 48.5 Å². The van der Waals surface area contributed by atoms with Gasteiger partial charge in [0.25, 0.3) is 0 Å². The van der Waals surface area contributed by atoms with E-state index in [9.17, 15) is 8.42 Å². The summed E-state index contributed by atoms with van der Waals surface area (Å²) in [6.07, 6.45) is 0. The minimum Gasteiger partial charge on any atom is -0.296 e. The molecule has 4 nitrogen and oxygen atoms in total. The largest absolute Gasteiger partial charge is 0.296 e. The van der Waals surface area contributed by atoms with E-state index in [0.29, 0.717) is 28.4 Å². The Balaban J connectivity index is 1.54. The fraction of sp³-hybridized carbons (Fsp3) is 0.238. The molecule has 0 radical (unpaired) electrons. The fourth-order valence-electron chi connectivity index (χ4n) is 3.57. The van der Waals surface area contributed by atoms with Crippen LogP contribution in [0.1, 0.15) is 5.56 Å². The number of nitrogens with zero attached hydrogens (tertiary/aromatic N) is 2. The summed E-state index contributed by atoms with van der Waals surface area (Å²) in [5.74, 6) is 0. The number of hydrogen-bond donors (Lipinski definition) is 0. The van der Waals surface area contributed by atoms with Crippen molar-refractivity contribution in [2.24, 2.45) is 0 Å². The van der Waals surface area contributed by atoms with Gasteiger partial charge in [-0.1, -0.05) is 66.2 Å². The monoisotopic (exact) mass is 400 g/mol. The van der Waals surface area contributed by atoms with Gasteiger partial charge in [-0.3, -0.25) is 4.90 Å². The molecule has 0 bridgehead atoms. The number of piperazine rings is 1. The first kappa shape index (κ1) is 18.4. The molecule has 3 aromatic rings. The number of benzene rings is 3. The molecule has 0 amide bonds.